The maximum absolute atomic E-state index is 12.4. The number of Topliss-reactive ketones (excluding diaryl/α,β-unsaturated/α-hetero) is 1. The molecule has 0 fully saturated rings. The number of imidazole rings is 1. The third-order valence-electron chi connectivity index (χ3n) is 4.82. The van der Waals surface area contributed by atoms with E-state index in [2.05, 4.69) is 15.0 Å². The standard InChI is InChI=1S/C23H24N5O5P/c24-23-26-21-20(22(30)27-23)25-15-28(21)11-12-31-16-34(32-13-17-7-3-1-4-8-17)33-14-19(29)18-9-5-2-6-10-18/h1-10,15H,11-14,16H2,(H3,24,26,27,30). The van der Waals surface area contributed by atoms with Gasteiger partial charge in [0.25, 0.3) is 5.56 Å². The zero-order valence-corrected chi connectivity index (χ0v) is 19.2. The van der Waals surface area contributed by atoms with Crippen LogP contribution >= 0.6 is 8.38 Å². The molecule has 4 rings (SSSR count). The zero-order valence-electron chi connectivity index (χ0n) is 18.3. The van der Waals surface area contributed by atoms with E-state index in [9.17, 15) is 9.59 Å². The molecule has 0 spiro atoms. The molecule has 0 amide bonds. The fraction of sp³-hybridized carbons (Fsp3) is 0.217. The van der Waals surface area contributed by atoms with Gasteiger partial charge < -0.3 is 24.1 Å². The second-order valence-electron chi connectivity index (χ2n) is 7.25. The van der Waals surface area contributed by atoms with E-state index in [1.165, 1.54) is 6.33 Å². The minimum Gasteiger partial charge on any atom is -0.370 e. The van der Waals surface area contributed by atoms with Gasteiger partial charge in [-0.25, -0.2) is 4.98 Å². The van der Waals surface area contributed by atoms with Gasteiger partial charge in [-0.2, -0.15) is 4.98 Å². The van der Waals surface area contributed by atoms with E-state index >= 15 is 0 Å². The molecular weight excluding hydrogens is 457 g/mol. The van der Waals surface area contributed by atoms with Crippen LogP contribution in [0.15, 0.2) is 71.8 Å². The van der Waals surface area contributed by atoms with Gasteiger partial charge in [0.1, 0.15) is 13.0 Å². The molecule has 2 heterocycles. The van der Waals surface area contributed by atoms with E-state index in [4.69, 9.17) is 19.5 Å². The Morgan fingerprint density at radius 3 is 2.56 bits per heavy atom. The van der Waals surface area contributed by atoms with Crippen molar-refractivity contribution in [3.8, 4) is 0 Å². The van der Waals surface area contributed by atoms with Crippen LogP contribution < -0.4 is 11.3 Å². The van der Waals surface area contributed by atoms with Crippen LogP contribution in [0.1, 0.15) is 15.9 Å². The highest BCUT2D eigenvalue weighted by molar-refractivity contribution is 7.47. The number of hydrogen-bond acceptors (Lipinski definition) is 8. The smallest absolute Gasteiger partial charge is 0.280 e. The Kier molecular flexibility index (Phi) is 8.11. The minimum absolute atomic E-state index is 0.0227. The summed E-state index contributed by atoms with van der Waals surface area (Å²) in [6.07, 6.45) is 1.69. The number of nitrogens with two attached hydrogens (primary N) is 1. The Bertz CT molecular complexity index is 1280. The number of nitrogen functional groups attached to an aromatic ring is 1. The number of nitrogens with zero attached hydrogens (tertiary/aromatic N) is 3. The number of aromatic nitrogens is 4. The predicted molar refractivity (Wildman–Crippen MR) is 128 cm³/mol. The first-order valence-electron chi connectivity index (χ1n) is 10.5. The van der Waals surface area contributed by atoms with Crippen LogP contribution in [0, 0.1) is 0 Å². The number of carbonyl (C=O) groups excluding carboxylic acids is 1. The van der Waals surface area contributed by atoms with Gasteiger partial charge in [0, 0.05) is 12.1 Å². The summed E-state index contributed by atoms with van der Waals surface area (Å²) in [5, 5.41) is 0. The highest BCUT2D eigenvalue weighted by Gasteiger charge is 2.16. The molecule has 0 aliphatic heterocycles. The van der Waals surface area contributed by atoms with Crippen molar-refractivity contribution in [3.05, 3.63) is 88.5 Å². The fourth-order valence-corrected chi connectivity index (χ4v) is 4.16. The quantitative estimate of drug-likeness (QED) is 0.179. The lowest BCUT2D eigenvalue weighted by atomic mass is 10.1. The Morgan fingerprint density at radius 2 is 1.79 bits per heavy atom. The van der Waals surface area contributed by atoms with Crippen molar-refractivity contribution in [1.82, 2.24) is 19.5 Å². The number of anilines is 1. The normalized spacial score (nSPS) is 12.1. The predicted octanol–water partition coefficient (Wildman–Crippen LogP) is 3.10. The number of benzene rings is 2. The number of H-pyrrole nitrogens is 1. The summed E-state index contributed by atoms with van der Waals surface area (Å²) >= 11 is 0. The Balaban J connectivity index is 1.33. The van der Waals surface area contributed by atoms with Crippen molar-refractivity contribution in [2.24, 2.45) is 0 Å². The van der Waals surface area contributed by atoms with E-state index in [0.29, 0.717) is 31.0 Å². The summed E-state index contributed by atoms with van der Waals surface area (Å²) in [5.74, 6) is -0.107. The molecule has 1 unspecified atom stereocenters. The summed E-state index contributed by atoms with van der Waals surface area (Å²) in [4.78, 5) is 35.0. The van der Waals surface area contributed by atoms with Crippen molar-refractivity contribution in [2.75, 3.05) is 25.3 Å². The number of hydrogen-bond donors (Lipinski definition) is 2. The highest BCUT2D eigenvalue weighted by atomic mass is 31.2. The first-order chi connectivity index (χ1) is 16.6. The van der Waals surface area contributed by atoms with Crippen LogP contribution in [0.2, 0.25) is 0 Å². The molecular formula is C23H24N5O5P. The second-order valence-corrected chi connectivity index (χ2v) is 8.69. The molecule has 0 bridgehead atoms. The van der Waals surface area contributed by atoms with Crippen molar-refractivity contribution >= 4 is 31.3 Å². The van der Waals surface area contributed by atoms with Gasteiger partial charge in [-0.3, -0.25) is 14.6 Å². The number of rotatable bonds is 12. The molecule has 2 aromatic carbocycles. The van der Waals surface area contributed by atoms with Crippen molar-refractivity contribution in [2.45, 2.75) is 13.2 Å². The third kappa shape index (κ3) is 6.33. The molecule has 0 aliphatic rings. The SMILES string of the molecule is Nc1nc2c(ncn2CCOCP(OCC(=O)c2ccccc2)OCc2ccccc2)c(=O)[nH]1. The molecule has 4 aromatic rings. The first kappa shape index (κ1) is 23.7. The van der Waals surface area contributed by atoms with Gasteiger partial charge in [-0.05, 0) is 5.56 Å². The van der Waals surface area contributed by atoms with Crippen LogP contribution in [-0.2, 0) is 26.9 Å². The second kappa shape index (κ2) is 11.6. The molecule has 11 heteroatoms. The van der Waals surface area contributed by atoms with Gasteiger partial charge in [-0.1, -0.05) is 60.7 Å². The molecule has 10 nitrogen and oxygen atoms in total. The fourth-order valence-electron chi connectivity index (χ4n) is 3.11. The van der Waals surface area contributed by atoms with Gasteiger partial charge in [0.15, 0.2) is 25.3 Å². The maximum Gasteiger partial charge on any atom is 0.280 e. The molecule has 0 saturated carbocycles. The number of ether oxygens (including phenoxy) is 1. The molecule has 0 aliphatic carbocycles. The molecule has 2 aromatic heterocycles. The molecule has 0 saturated heterocycles. The number of ketones is 1. The molecule has 0 radical (unpaired) electrons. The lowest BCUT2D eigenvalue weighted by Crippen LogP contribution is -2.13. The summed E-state index contributed by atoms with van der Waals surface area (Å²) in [6, 6.07) is 18.7. The molecule has 34 heavy (non-hydrogen) atoms. The van der Waals surface area contributed by atoms with Crippen molar-refractivity contribution in [1.29, 1.82) is 0 Å². The largest absolute Gasteiger partial charge is 0.370 e. The van der Waals surface area contributed by atoms with Gasteiger partial charge >= 0.3 is 0 Å². The lowest BCUT2D eigenvalue weighted by molar-refractivity contribution is 0.0896. The third-order valence-corrected chi connectivity index (χ3v) is 6.05. The van der Waals surface area contributed by atoms with Crippen LogP contribution in [0.5, 0.6) is 0 Å². The van der Waals surface area contributed by atoms with Gasteiger partial charge in [0.05, 0.1) is 19.5 Å². The van der Waals surface area contributed by atoms with E-state index in [0.717, 1.165) is 5.56 Å². The number of nitrogens with one attached hydrogen (secondary N) is 1. The zero-order chi connectivity index (χ0) is 23.8. The Labute approximate surface area is 196 Å². The Hall–Kier alpha value is -3.43. The molecule has 1 atom stereocenters. The summed E-state index contributed by atoms with van der Waals surface area (Å²) in [5.41, 5.74) is 7.41. The Morgan fingerprint density at radius 1 is 1.06 bits per heavy atom. The summed E-state index contributed by atoms with van der Waals surface area (Å²) < 4.78 is 19.2. The monoisotopic (exact) mass is 481 g/mol. The van der Waals surface area contributed by atoms with Crippen molar-refractivity contribution in [3.63, 3.8) is 0 Å². The van der Waals surface area contributed by atoms with Crippen LogP contribution in [0.4, 0.5) is 5.95 Å². The maximum atomic E-state index is 12.4. The number of aromatic amines is 1. The molecule has 176 valence electrons. The summed E-state index contributed by atoms with van der Waals surface area (Å²) in [7, 11) is -1.48. The van der Waals surface area contributed by atoms with Crippen LogP contribution in [-0.4, -0.2) is 44.9 Å². The van der Waals surface area contributed by atoms with E-state index in [1.54, 1.807) is 28.8 Å². The van der Waals surface area contributed by atoms with Gasteiger partial charge in [0.2, 0.25) is 5.95 Å². The highest BCUT2D eigenvalue weighted by Crippen LogP contribution is 2.39. The van der Waals surface area contributed by atoms with E-state index in [1.807, 2.05) is 36.4 Å². The minimum atomic E-state index is -1.48. The van der Waals surface area contributed by atoms with Crippen LogP contribution in [0.25, 0.3) is 11.2 Å². The van der Waals surface area contributed by atoms with Crippen LogP contribution in [0.3, 0.4) is 0 Å². The van der Waals surface area contributed by atoms with E-state index < -0.39 is 13.9 Å². The number of carbonyl (C=O) groups is 1. The first-order valence-corrected chi connectivity index (χ1v) is 11.9. The lowest BCUT2D eigenvalue weighted by Gasteiger charge is -2.17. The van der Waals surface area contributed by atoms with Gasteiger partial charge in [-0.15, -0.1) is 0 Å². The average Bonchev–Trinajstić information content (AvgIpc) is 3.27. The van der Waals surface area contributed by atoms with E-state index in [-0.39, 0.29) is 30.2 Å². The van der Waals surface area contributed by atoms with Crippen molar-refractivity contribution < 1.29 is 18.6 Å². The molecule has 3 N–H and O–H groups in total. The average molecular weight is 481 g/mol. The summed E-state index contributed by atoms with van der Waals surface area (Å²) in [6.45, 7) is 0.931. The topological polar surface area (TPSA) is 134 Å². The number of fused-ring (bicyclic) bond motifs is 1.